The third kappa shape index (κ3) is 5.68. The minimum atomic E-state index is -2.96. The molecule has 0 rings (SSSR count). The highest BCUT2D eigenvalue weighted by atomic mass is 28.5. The van der Waals surface area contributed by atoms with Gasteiger partial charge in [0.1, 0.15) is 0 Å². The summed E-state index contributed by atoms with van der Waals surface area (Å²) in [5, 5.41) is -0.181. The van der Waals surface area contributed by atoms with Crippen molar-refractivity contribution < 1.29 is 26.6 Å². The SMILES string of the molecule is CCO[Si](OCC)(OCC)C(C)[Si](OCC)(OCC)OCC. The van der Waals surface area contributed by atoms with Crippen molar-refractivity contribution >= 4 is 17.6 Å². The van der Waals surface area contributed by atoms with Gasteiger partial charge in [0.25, 0.3) is 0 Å². The van der Waals surface area contributed by atoms with Crippen LogP contribution in [0.2, 0.25) is 5.16 Å². The molecular weight excluding hydrogens is 320 g/mol. The Bertz CT molecular complexity index is 220. The molecule has 0 unspecified atom stereocenters. The predicted octanol–water partition coefficient (Wildman–Crippen LogP) is 3.01. The Labute approximate surface area is 138 Å². The van der Waals surface area contributed by atoms with E-state index in [1.807, 2.05) is 48.5 Å². The van der Waals surface area contributed by atoms with Crippen LogP contribution in [0.25, 0.3) is 0 Å². The van der Waals surface area contributed by atoms with Crippen molar-refractivity contribution in [1.82, 2.24) is 0 Å². The summed E-state index contributed by atoms with van der Waals surface area (Å²) in [5.41, 5.74) is 0. The molecule has 0 radical (unpaired) electrons. The maximum absolute atomic E-state index is 6.01. The van der Waals surface area contributed by atoms with Gasteiger partial charge in [-0.15, -0.1) is 0 Å². The largest absolute Gasteiger partial charge is 0.508 e. The molecule has 6 nitrogen and oxygen atoms in total. The normalized spacial score (nSPS) is 13.1. The molecule has 0 spiro atoms. The van der Waals surface area contributed by atoms with Crippen molar-refractivity contribution in [2.24, 2.45) is 0 Å². The lowest BCUT2D eigenvalue weighted by atomic mass is 10.9. The highest BCUT2D eigenvalue weighted by Gasteiger charge is 2.63. The van der Waals surface area contributed by atoms with E-state index >= 15 is 0 Å². The van der Waals surface area contributed by atoms with Gasteiger partial charge in [0.15, 0.2) is 0 Å². The molecule has 134 valence electrons. The lowest BCUT2D eigenvalue weighted by molar-refractivity contribution is 0.0349. The first kappa shape index (κ1) is 22.2. The van der Waals surface area contributed by atoms with Gasteiger partial charge in [-0.25, -0.2) is 0 Å². The highest BCUT2D eigenvalue weighted by Crippen LogP contribution is 2.36. The molecular formula is C14H34O6Si2. The Hall–Kier alpha value is 0.194. The summed E-state index contributed by atoms with van der Waals surface area (Å²) in [6, 6.07) is 0. The fourth-order valence-electron chi connectivity index (χ4n) is 2.42. The Balaban J connectivity index is 5.67. The fourth-order valence-corrected chi connectivity index (χ4v) is 10.1. The standard InChI is InChI=1S/C14H34O6Si2/c1-8-15-21(16-9-2,17-10-3)14(7)22(18-11-4,19-12-5)20-13-6/h14H,8-13H2,1-7H3. The molecule has 0 bridgehead atoms. The predicted molar refractivity (Wildman–Crippen MR) is 90.7 cm³/mol. The molecule has 0 saturated carbocycles. The summed E-state index contributed by atoms with van der Waals surface area (Å²) in [7, 11) is -5.92. The highest BCUT2D eigenvalue weighted by molar-refractivity contribution is 6.82. The molecule has 0 amide bonds. The van der Waals surface area contributed by atoms with Gasteiger partial charge in [-0.3, -0.25) is 0 Å². The number of rotatable bonds is 14. The summed E-state index contributed by atoms with van der Waals surface area (Å²) in [6.07, 6.45) is 0. The van der Waals surface area contributed by atoms with Crippen LogP contribution >= 0.6 is 0 Å². The zero-order valence-corrected chi connectivity index (χ0v) is 17.3. The summed E-state index contributed by atoms with van der Waals surface area (Å²) in [6.45, 7) is 16.8. The van der Waals surface area contributed by atoms with Gasteiger partial charge in [-0.2, -0.15) is 0 Å². The van der Waals surface area contributed by atoms with Gasteiger partial charge in [0.05, 0.1) is 5.16 Å². The van der Waals surface area contributed by atoms with Gasteiger partial charge in [0, 0.05) is 39.6 Å². The van der Waals surface area contributed by atoms with Crippen molar-refractivity contribution in [2.75, 3.05) is 39.6 Å². The molecule has 0 aromatic rings. The van der Waals surface area contributed by atoms with E-state index in [0.29, 0.717) is 39.6 Å². The minimum absolute atomic E-state index is 0.181. The van der Waals surface area contributed by atoms with Crippen LogP contribution in [0.1, 0.15) is 48.5 Å². The van der Waals surface area contributed by atoms with Crippen LogP contribution in [-0.4, -0.2) is 57.3 Å². The lowest BCUT2D eigenvalue weighted by Crippen LogP contribution is -2.63. The van der Waals surface area contributed by atoms with Crippen molar-refractivity contribution in [3.63, 3.8) is 0 Å². The van der Waals surface area contributed by atoms with Gasteiger partial charge >= 0.3 is 17.6 Å². The van der Waals surface area contributed by atoms with E-state index < -0.39 is 17.6 Å². The van der Waals surface area contributed by atoms with Gasteiger partial charge < -0.3 is 26.6 Å². The van der Waals surface area contributed by atoms with Crippen LogP contribution in [0.15, 0.2) is 0 Å². The molecule has 0 aromatic carbocycles. The molecule has 0 saturated heterocycles. The molecule has 0 aliphatic heterocycles. The van der Waals surface area contributed by atoms with Crippen molar-refractivity contribution in [2.45, 2.75) is 53.6 Å². The van der Waals surface area contributed by atoms with Crippen LogP contribution in [-0.2, 0) is 26.6 Å². The van der Waals surface area contributed by atoms with Crippen LogP contribution in [0.4, 0.5) is 0 Å². The fraction of sp³-hybridized carbons (Fsp3) is 1.00. The average molecular weight is 355 g/mol. The average Bonchev–Trinajstić information content (AvgIpc) is 2.48. The smallest absolute Gasteiger partial charge is 0.374 e. The van der Waals surface area contributed by atoms with Crippen molar-refractivity contribution in [3.8, 4) is 0 Å². The quantitative estimate of drug-likeness (QED) is 0.447. The third-order valence-electron chi connectivity index (χ3n) is 3.13. The number of hydrogen-bond acceptors (Lipinski definition) is 6. The second-order valence-corrected chi connectivity index (χ2v) is 11.0. The zero-order chi connectivity index (χ0) is 17.1. The van der Waals surface area contributed by atoms with Gasteiger partial charge in [-0.05, 0) is 41.5 Å². The maximum atomic E-state index is 6.01. The molecule has 0 aliphatic carbocycles. The zero-order valence-electron chi connectivity index (χ0n) is 15.3. The molecule has 0 fully saturated rings. The minimum Gasteiger partial charge on any atom is -0.374 e. The first-order valence-electron chi connectivity index (χ1n) is 8.35. The molecule has 0 aliphatic rings. The van der Waals surface area contributed by atoms with Crippen LogP contribution in [0.3, 0.4) is 0 Å². The number of hydrogen-bond donors (Lipinski definition) is 0. The van der Waals surface area contributed by atoms with Crippen molar-refractivity contribution in [1.29, 1.82) is 0 Å². The van der Waals surface area contributed by atoms with E-state index in [0.717, 1.165) is 0 Å². The monoisotopic (exact) mass is 354 g/mol. The topological polar surface area (TPSA) is 55.4 Å². The van der Waals surface area contributed by atoms with Crippen molar-refractivity contribution in [3.05, 3.63) is 0 Å². The lowest BCUT2D eigenvalue weighted by Gasteiger charge is -2.40. The summed E-state index contributed by atoms with van der Waals surface area (Å²) in [5.74, 6) is 0. The van der Waals surface area contributed by atoms with Crippen LogP contribution in [0.5, 0.6) is 0 Å². The first-order chi connectivity index (χ1) is 10.5. The van der Waals surface area contributed by atoms with E-state index in [9.17, 15) is 0 Å². The van der Waals surface area contributed by atoms with E-state index in [-0.39, 0.29) is 5.16 Å². The summed E-state index contributed by atoms with van der Waals surface area (Å²) >= 11 is 0. The second kappa shape index (κ2) is 11.7. The van der Waals surface area contributed by atoms with Gasteiger partial charge in [0.2, 0.25) is 0 Å². The van der Waals surface area contributed by atoms with E-state index in [1.165, 1.54) is 0 Å². The molecule has 8 heteroatoms. The molecule has 0 N–H and O–H groups in total. The molecule has 0 heterocycles. The maximum Gasteiger partial charge on any atom is 0.508 e. The van der Waals surface area contributed by atoms with E-state index in [1.54, 1.807) is 0 Å². The Morgan fingerprint density at radius 3 is 0.818 bits per heavy atom. The molecule has 22 heavy (non-hydrogen) atoms. The van der Waals surface area contributed by atoms with E-state index in [2.05, 4.69) is 0 Å². The molecule has 0 atom stereocenters. The molecule has 0 aromatic heterocycles. The third-order valence-corrected chi connectivity index (χ3v) is 11.5. The Morgan fingerprint density at radius 2 is 0.682 bits per heavy atom. The Morgan fingerprint density at radius 1 is 0.500 bits per heavy atom. The Kier molecular flexibility index (Phi) is 11.8. The van der Waals surface area contributed by atoms with Crippen LogP contribution < -0.4 is 0 Å². The summed E-state index contributed by atoms with van der Waals surface area (Å²) in [4.78, 5) is 0. The second-order valence-electron chi connectivity index (χ2n) is 4.53. The summed E-state index contributed by atoms with van der Waals surface area (Å²) < 4.78 is 36.0. The first-order valence-corrected chi connectivity index (χ1v) is 12.0. The van der Waals surface area contributed by atoms with Gasteiger partial charge in [-0.1, -0.05) is 6.92 Å². The van der Waals surface area contributed by atoms with Crippen LogP contribution in [0, 0.1) is 0 Å². The van der Waals surface area contributed by atoms with E-state index in [4.69, 9.17) is 26.6 Å².